The van der Waals surface area contributed by atoms with Crippen molar-refractivity contribution >= 4 is 34.6 Å². The number of hydrogen-bond acceptors (Lipinski definition) is 9. The van der Waals surface area contributed by atoms with E-state index in [0.717, 1.165) is 37.3 Å². The number of anilines is 2. The minimum absolute atomic E-state index is 0.0873. The number of piperazine rings is 1. The summed E-state index contributed by atoms with van der Waals surface area (Å²) < 4.78 is 37.2. The molecular formula is C36H39Cl2FN8O4. The quantitative estimate of drug-likeness (QED) is 0.150. The molecule has 0 radical (unpaired) electrons. The van der Waals surface area contributed by atoms with Crippen LogP contribution in [0.15, 0.2) is 84.2 Å². The van der Waals surface area contributed by atoms with Crippen molar-refractivity contribution in [2.24, 2.45) is 0 Å². The normalized spacial score (nSPS) is 19.3. The summed E-state index contributed by atoms with van der Waals surface area (Å²) in [5.74, 6) is -1.23. The van der Waals surface area contributed by atoms with Crippen LogP contribution in [0.5, 0.6) is 5.75 Å². The molecule has 3 aromatic carbocycles. The third kappa shape index (κ3) is 7.34. The largest absolute Gasteiger partial charge is 0.491 e. The molecule has 2 fully saturated rings. The van der Waals surface area contributed by atoms with E-state index in [1.807, 2.05) is 29.2 Å². The summed E-state index contributed by atoms with van der Waals surface area (Å²) in [6, 6.07) is 18.0. The second-order valence-electron chi connectivity index (χ2n) is 12.6. The summed E-state index contributed by atoms with van der Waals surface area (Å²) in [5.41, 5.74) is 2.80. The Morgan fingerprint density at radius 3 is 2.31 bits per heavy atom. The van der Waals surface area contributed by atoms with Gasteiger partial charge in [-0.3, -0.25) is 0 Å². The van der Waals surface area contributed by atoms with Gasteiger partial charge in [0.2, 0.25) is 5.79 Å². The highest BCUT2D eigenvalue weighted by molar-refractivity contribution is 6.35. The molecule has 12 nitrogen and oxygen atoms in total. The molecule has 0 N–H and O–H groups in total. The Kier molecular flexibility index (Phi) is 10.3. The molecule has 2 aromatic heterocycles. The second-order valence-corrected chi connectivity index (χ2v) is 13.4. The van der Waals surface area contributed by atoms with Crippen molar-refractivity contribution in [3.8, 4) is 11.4 Å². The molecule has 51 heavy (non-hydrogen) atoms. The van der Waals surface area contributed by atoms with Crippen LogP contribution in [0.25, 0.3) is 5.69 Å². The first-order chi connectivity index (χ1) is 24.8. The van der Waals surface area contributed by atoms with Gasteiger partial charge in [0, 0.05) is 48.5 Å². The lowest BCUT2D eigenvalue weighted by atomic mass is 10.1. The molecule has 0 aliphatic carbocycles. The zero-order chi connectivity index (χ0) is 35.5. The van der Waals surface area contributed by atoms with Gasteiger partial charge in [-0.2, -0.15) is 20.1 Å². The highest BCUT2D eigenvalue weighted by atomic mass is 35.5. The molecule has 268 valence electrons. The SMILES string of the molecule is CCC(CC)n1ncn(-c2ccc(N3CCN(c4ccc(OC[C@@H]5CO[C@@](Cn6nccn6)(c6ccc(Cl)cc6Cl)O5)cc4F)CC3)cc2)c1=O. The van der Waals surface area contributed by atoms with E-state index in [1.165, 1.54) is 10.9 Å². The first-order valence-electron chi connectivity index (χ1n) is 17.1. The fraction of sp³-hybridized carbons (Fsp3) is 0.389. The number of hydrogen-bond donors (Lipinski definition) is 0. The lowest BCUT2D eigenvalue weighted by Crippen LogP contribution is -2.46. The number of benzene rings is 3. The summed E-state index contributed by atoms with van der Waals surface area (Å²) >= 11 is 12.7. The Hall–Kier alpha value is -4.43. The maximum atomic E-state index is 15.5. The highest BCUT2D eigenvalue weighted by Crippen LogP contribution is 2.40. The van der Waals surface area contributed by atoms with Crippen molar-refractivity contribution in [1.82, 2.24) is 29.3 Å². The van der Waals surface area contributed by atoms with E-state index in [1.54, 1.807) is 58.3 Å². The first kappa shape index (κ1) is 35.0. The maximum Gasteiger partial charge on any atom is 0.350 e. The van der Waals surface area contributed by atoms with Crippen molar-refractivity contribution in [2.45, 2.75) is 51.2 Å². The summed E-state index contributed by atoms with van der Waals surface area (Å²) in [7, 11) is 0. The molecule has 4 heterocycles. The Bertz CT molecular complexity index is 2000. The summed E-state index contributed by atoms with van der Waals surface area (Å²) in [4.78, 5) is 18.7. The molecule has 15 heteroatoms. The molecule has 0 bridgehead atoms. The number of halogens is 3. The number of ether oxygens (including phenoxy) is 3. The molecular weight excluding hydrogens is 698 g/mol. The molecule has 0 unspecified atom stereocenters. The Morgan fingerprint density at radius 2 is 1.63 bits per heavy atom. The Balaban J connectivity index is 0.945. The number of rotatable bonds is 12. The molecule has 2 atom stereocenters. The maximum absolute atomic E-state index is 15.5. The van der Waals surface area contributed by atoms with E-state index in [9.17, 15) is 4.79 Å². The molecule has 2 saturated heterocycles. The van der Waals surface area contributed by atoms with Crippen molar-refractivity contribution in [2.75, 3.05) is 49.2 Å². The van der Waals surface area contributed by atoms with Crippen LogP contribution in [0.4, 0.5) is 15.8 Å². The molecule has 2 aliphatic rings. The molecule has 0 spiro atoms. The van der Waals surface area contributed by atoms with Crippen LogP contribution in [0.2, 0.25) is 10.0 Å². The number of nitrogens with zero attached hydrogens (tertiary/aromatic N) is 8. The predicted molar refractivity (Wildman–Crippen MR) is 193 cm³/mol. The molecule has 0 amide bonds. The molecule has 2 aliphatic heterocycles. The lowest BCUT2D eigenvalue weighted by molar-refractivity contribution is -0.192. The smallest absolute Gasteiger partial charge is 0.350 e. The van der Waals surface area contributed by atoms with Crippen LogP contribution >= 0.6 is 23.2 Å². The van der Waals surface area contributed by atoms with Crippen LogP contribution in [-0.2, 0) is 21.8 Å². The average molecular weight is 738 g/mol. The van der Waals surface area contributed by atoms with E-state index in [4.69, 9.17) is 37.4 Å². The standard InChI is InChI=1S/C36H39Cl2FN8O4/c1-3-26(4-2)47-35(48)45(24-42-47)28-8-6-27(7-9-28)43-15-17-44(18-16-43)34-12-10-29(20-33(34)39)49-21-30-22-50-36(51-30,23-46-40-13-14-41-46)31-11-5-25(37)19-32(31)38/h5-14,19-20,24,26,30H,3-4,15-18,21-23H2,1-2H3/t30-,36-/m1/s1. The van der Waals surface area contributed by atoms with Gasteiger partial charge in [0.1, 0.15) is 37.1 Å². The van der Waals surface area contributed by atoms with Crippen molar-refractivity contribution in [3.63, 3.8) is 0 Å². The minimum atomic E-state index is -1.26. The molecule has 0 saturated carbocycles. The zero-order valence-electron chi connectivity index (χ0n) is 28.4. The first-order valence-corrected chi connectivity index (χ1v) is 17.8. The fourth-order valence-electron chi connectivity index (χ4n) is 6.70. The van der Waals surface area contributed by atoms with Crippen LogP contribution < -0.4 is 20.2 Å². The lowest BCUT2D eigenvalue weighted by Gasteiger charge is -2.37. The van der Waals surface area contributed by atoms with E-state index in [2.05, 4.69) is 34.0 Å². The average Bonchev–Trinajstić information content (AvgIpc) is 3.90. The molecule has 5 aromatic rings. The third-order valence-corrected chi connectivity index (χ3v) is 10.0. The number of aromatic nitrogens is 6. The van der Waals surface area contributed by atoms with Gasteiger partial charge in [0.05, 0.1) is 41.4 Å². The van der Waals surface area contributed by atoms with E-state index < -0.39 is 11.9 Å². The van der Waals surface area contributed by atoms with Gasteiger partial charge in [-0.05, 0) is 61.4 Å². The van der Waals surface area contributed by atoms with Gasteiger partial charge in [-0.25, -0.2) is 18.4 Å². The van der Waals surface area contributed by atoms with Crippen LogP contribution in [-0.4, -0.2) is 74.8 Å². The van der Waals surface area contributed by atoms with E-state index in [-0.39, 0.29) is 37.3 Å². The summed E-state index contributed by atoms with van der Waals surface area (Å²) in [5, 5.41) is 13.6. The van der Waals surface area contributed by atoms with Gasteiger partial charge < -0.3 is 24.0 Å². The Labute approximate surface area is 304 Å². The van der Waals surface area contributed by atoms with Crippen LogP contribution in [0, 0.1) is 5.82 Å². The van der Waals surface area contributed by atoms with Crippen molar-refractivity contribution < 1.29 is 18.6 Å². The monoisotopic (exact) mass is 736 g/mol. The third-order valence-electron chi connectivity index (χ3n) is 9.47. The van der Waals surface area contributed by atoms with Gasteiger partial charge in [0.25, 0.3) is 0 Å². The zero-order valence-corrected chi connectivity index (χ0v) is 29.9. The molecule has 7 rings (SSSR count). The topological polar surface area (TPSA) is 105 Å². The minimum Gasteiger partial charge on any atom is -0.491 e. The second kappa shape index (κ2) is 15.0. The van der Waals surface area contributed by atoms with Gasteiger partial charge in [-0.1, -0.05) is 43.1 Å². The fourth-order valence-corrected chi connectivity index (χ4v) is 7.25. The van der Waals surface area contributed by atoms with Crippen molar-refractivity contribution in [3.05, 3.63) is 111 Å². The van der Waals surface area contributed by atoms with E-state index >= 15 is 4.39 Å². The highest BCUT2D eigenvalue weighted by Gasteiger charge is 2.46. The van der Waals surface area contributed by atoms with Crippen LogP contribution in [0.3, 0.4) is 0 Å². The summed E-state index contributed by atoms with van der Waals surface area (Å²) in [6.07, 6.45) is 5.96. The summed E-state index contributed by atoms with van der Waals surface area (Å²) in [6.45, 7) is 7.36. The Morgan fingerprint density at radius 1 is 0.922 bits per heavy atom. The predicted octanol–water partition coefficient (Wildman–Crippen LogP) is 6.11. The van der Waals surface area contributed by atoms with Gasteiger partial charge in [-0.15, -0.1) is 0 Å². The van der Waals surface area contributed by atoms with E-state index in [0.29, 0.717) is 40.1 Å². The van der Waals surface area contributed by atoms with Crippen molar-refractivity contribution in [1.29, 1.82) is 0 Å². The van der Waals surface area contributed by atoms with Crippen LogP contribution in [0.1, 0.15) is 38.3 Å². The van der Waals surface area contributed by atoms with Gasteiger partial charge >= 0.3 is 5.69 Å². The van der Waals surface area contributed by atoms with Gasteiger partial charge in [0.15, 0.2) is 0 Å².